The van der Waals surface area contributed by atoms with Crippen molar-refractivity contribution in [1.82, 2.24) is 4.90 Å². The lowest BCUT2D eigenvalue weighted by atomic mass is 10.1. The summed E-state index contributed by atoms with van der Waals surface area (Å²) in [6.07, 6.45) is 1.58. The molecule has 0 bridgehead atoms. The Morgan fingerprint density at radius 2 is 1.96 bits per heavy atom. The summed E-state index contributed by atoms with van der Waals surface area (Å²) in [5.74, 6) is -0.00691. The zero-order valence-corrected chi connectivity index (χ0v) is 17.2. The first-order valence-electron chi connectivity index (χ1n) is 8.25. The van der Waals surface area contributed by atoms with E-state index in [-0.39, 0.29) is 30.1 Å². The largest absolute Gasteiger partial charge is 0.491 e. The molecule has 0 unspecified atom stereocenters. The number of carbonyl (C=O) groups excluding carboxylic acids is 2. The number of benzene rings is 2. The van der Waals surface area contributed by atoms with Gasteiger partial charge in [-0.25, -0.2) is 4.39 Å². The number of halogens is 2. The van der Waals surface area contributed by atoms with Gasteiger partial charge in [0.05, 0.1) is 15.9 Å². The molecule has 140 valence electrons. The maximum Gasteiger partial charge on any atom is 0.293 e. The van der Waals surface area contributed by atoms with Gasteiger partial charge >= 0.3 is 0 Å². The molecule has 0 radical (unpaired) electrons. The van der Waals surface area contributed by atoms with Crippen LogP contribution in [0.1, 0.15) is 16.7 Å². The number of ether oxygens (including phenoxy) is 1. The smallest absolute Gasteiger partial charge is 0.293 e. The second-order valence-corrected chi connectivity index (χ2v) is 7.97. The van der Waals surface area contributed by atoms with E-state index in [1.54, 1.807) is 18.2 Å². The predicted molar refractivity (Wildman–Crippen MR) is 108 cm³/mol. The van der Waals surface area contributed by atoms with Crippen molar-refractivity contribution < 1.29 is 18.7 Å². The van der Waals surface area contributed by atoms with Gasteiger partial charge in [0.1, 0.15) is 18.2 Å². The van der Waals surface area contributed by atoms with Crippen molar-refractivity contribution in [2.45, 2.75) is 13.8 Å². The van der Waals surface area contributed by atoms with Gasteiger partial charge in [-0.2, -0.15) is 0 Å². The zero-order valence-electron chi connectivity index (χ0n) is 14.8. The quantitative estimate of drug-likeness (QED) is 0.579. The minimum absolute atomic E-state index is 0.169. The minimum atomic E-state index is -0.385. The molecule has 7 heteroatoms. The SMILES string of the molecule is Cc1ccc(C)c(OCCN2C(=O)S/C(=C\c3ccc(F)c(Br)c3)C2=O)c1. The van der Waals surface area contributed by atoms with Crippen LogP contribution in [0.4, 0.5) is 9.18 Å². The molecule has 4 nitrogen and oxygen atoms in total. The summed E-state index contributed by atoms with van der Waals surface area (Å²) >= 11 is 3.98. The van der Waals surface area contributed by atoms with Crippen LogP contribution in [-0.2, 0) is 4.79 Å². The highest BCUT2D eigenvalue weighted by Crippen LogP contribution is 2.32. The van der Waals surface area contributed by atoms with Gasteiger partial charge < -0.3 is 4.74 Å². The highest BCUT2D eigenvalue weighted by Gasteiger charge is 2.34. The molecule has 2 aromatic carbocycles. The first kappa shape index (κ1) is 19.6. The Hall–Kier alpha value is -2.12. The van der Waals surface area contributed by atoms with Gasteiger partial charge in [-0.05, 0) is 82.5 Å². The molecule has 0 N–H and O–H groups in total. The predicted octanol–water partition coefficient (Wildman–Crippen LogP) is 5.32. The molecule has 2 aromatic rings. The summed E-state index contributed by atoms with van der Waals surface area (Å²) in [4.78, 5) is 26.2. The Kier molecular flexibility index (Phi) is 6.01. The lowest BCUT2D eigenvalue weighted by Crippen LogP contribution is -2.32. The number of hydrogen-bond donors (Lipinski definition) is 0. The number of amides is 2. The van der Waals surface area contributed by atoms with Gasteiger partial charge in [-0.15, -0.1) is 0 Å². The Labute approximate surface area is 169 Å². The lowest BCUT2D eigenvalue weighted by Gasteiger charge is -2.14. The normalized spacial score (nSPS) is 15.7. The molecule has 1 aliphatic rings. The fraction of sp³-hybridized carbons (Fsp3) is 0.200. The maximum absolute atomic E-state index is 13.3. The van der Waals surface area contributed by atoms with Gasteiger partial charge in [0.2, 0.25) is 0 Å². The van der Waals surface area contributed by atoms with Crippen LogP contribution in [0, 0.1) is 19.7 Å². The molecule has 0 saturated carbocycles. The van der Waals surface area contributed by atoms with Crippen molar-refractivity contribution >= 4 is 44.9 Å². The van der Waals surface area contributed by atoms with E-state index >= 15 is 0 Å². The van der Waals surface area contributed by atoms with Crippen LogP contribution in [0.5, 0.6) is 5.75 Å². The molecule has 2 amide bonds. The number of rotatable bonds is 5. The number of nitrogens with zero attached hydrogens (tertiary/aromatic N) is 1. The first-order valence-corrected chi connectivity index (χ1v) is 9.86. The van der Waals surface area contributed by atoms with Crippen molar-refractivity contribution in [3.05, 3.63) is 68.3 Å². The van der Waals surface area contributed by atoms with Crippen molar-refractivity contribution in [3.63, 3.8) is 0 Å². The van der Waals surface area contributed by atoms with E-state index in [1.807, 2.05) is 32.0 Å². The van der Waals surface area contributed by atoms with E-state index in [0.29, 0.717) is 14.9 Å². The van der Waals surface area contributed by atoms with E-state index in [9.17, 15) is 14.0 Å². The fourth-order valence-corrected chi connectivity index (χ4v) is 3.82. The molecule has 0 spiro atoms. The van der Waals surface area contributed by atoms with Gasteiger partial charge in [-0.1, -0.05) is 18.2 Å². The van der Waals surface area contributed by atoms with Gasteiger partial charge in [0.25, 0.3) is 11.1 Å². The van der Waals surface area contributed by atoms with Gasteiger partial charge in [0, 0.05) is 0 Å². The standard InChI is InChI=1S/C20H17BrFNO3S/c1-12-3-4-13(2)17(9-12)26-8-7-23-19(24)18(27-20(23)25)11-14-5-6-16(22)15(21)10-14/h3-6,9-11H,7-8H2,1-2H3/b18-11-. The number of imide groups is 1. The zero-order chi connectivity index (χ0) is 19.6. The monoisotopic (exact) mass is 449 g/mol. The van der Waals surface area contributed by atoms with E-state index in [0.717, 1.165) is 28.6 Å². The van der Waals surface area contributed by atoms with Crippen LogP contribution in [0.2, 0.25) is 0 Å². The summed E-state index contributed by atoms with van der Waals surface area (Å²) in [6.45, 7) is 4.31. The third kappa shape index (κ3) is 4.59. The lowest BCUT2D eigenvalue weighted by molar-refractivity contribution is -0.123. The molecule has 1 aliphatic heterocycles. The Morgan fingerprint density at radius 1 is 1.19 bits per heavy atom. The number of carbonyl (C=O) groups is 2. The average molecular weight is 450 g/mol. The maximum atomic E-state index is 13.3. The second-order valence-electron chi connectivity index (χ2n) is 6.12. The Balaban J connectivity index is 1.66. The Morgan fingerprint density at radius 3 is 2.70 bits per heavy atom. The van der Waals surface area contributed by atoms with Crippen LogP contribution in [-0.4, -0.2) is 29.2 Å². The number of aryl methyl sites for hydroxylation is 2. The van der Waals surface area contributed by atoms with Crippen molar-refractivity contribution in [3.8, 4) is 5.75 Å². The Bertz CT molecular complexity index is 945. The fourth-order valence-electron chi connectivity index (χ4n) is 2.56. The van der Waals surface area contributed by atoms with Crippen molar-refractivity contribution in [1.29, 1.82) is 0 Å². The summed E-state index contributed by atoms with van der Waals surface area (Å²) < 4.78 is 19.4. The molecule has 1 saturated heterocycles. The van der Waals surface area contributed by atoms with E-state index < -0.39 is 0 Å². The van der Waals surface area contributed by atoms with Crippen molar-refractivity contribution in [2.24, 2.45) is 0 Å². The first-order chi connectivity index (χ1) is 12.8. The van der Waals surface area contributed by atoms with Crippen LogP contribution in [0.25, 0.3) is 6.08 Å². The van der Waals surface area contributed by atoms with Gasteiger partial charge in [-0.3, -0.25) is 14.5 Å². The van der Waals surface area contributed by atoms with Gasteiger partial charge in [0.15, 0.2) is 0 Å². The molecule has 0 aromatic heterocycles. The average Bonchev–Trinajstić information content (AvgIpc) is 2.88. The molecule has 1 fully saturated rings. The van der Waals surface area contributed by atoms with Crippen LogP contribution < -0.4 is 4.74 Å². The third-order valence-electron chi connectivity index (χ3n) is 4.03. The minimum Gasteiger partial charge on any atom is -0.491 e. The molecule has 0 aliphatic carbocycles. The van der Waals surface area contributed by atoms with E-state index in [2.05, 4.69) is 15.9 Å². The highest BCUT2D eigenvalue weighted by atomic mass is 79.9. The summed E-state index contributed by atoms with van der Waals surface area (Å²) in [6, 6.07) is 10.3. The molecule has 1 heterocycles. The van der Waals surface area contributed by atoms with Crippen molar-refractivity contribution in [2.75, 3.05) is 13.2 Å². The number of thioether (sulfide) groups is 1. The highest BCUT2D eigenvalue weighted by molar-refractivity contribution is 9.10. The summed E-state index contributed by atoms with van der Waals surface area (Å²) in [5.41, 5.74) is 2.71. The number of hydrogen-bond acceptors (Lipinski definition) is 4. The second kappa shape index (κ2) is 8.27. The van der Waals surface area contributed by atoms with E-state index in [1.165, 1.54) is 11.0 Å². The molecular weight excluding hydrogens is 433 g/mol. The third-order valence-corrected chi connectivity index (χ3v) is 5.55. The van der Waals surface area contributed by atoms with Crippen LogP contribution in [0.3, 0.4) is 0 Å². The molecule has 3 rings (SSSR count). The molecular formula is C20H17BrFNO3S. The van der Waals surface area contributed by atoms with Crippen LogP contribution in [0.15, 0.2) is 45.8 Å². The topological polar surface area (TPSA) is 46.6 Å². The van der Waals surface area contributed by atoms with Crippen LogP contribution >= 0.6 is 27.7 Å². The van der Waals surface area contributed by atoms with E-state index in [4.69, 9.17) is 4.74 Å². The summed E-state index contributed by atoms with van der Waals surface area (Å²) in [7, 11) is 0. The molecule has 27 heavy (non-hydrogen) atoms. The summed E-state index contributed by atoms with van der Waals surface area (Å²) in [5, 5.41) is -0.336. The molecule has 0 atom stereocenters.